The number of benzene rings is 3. The van der Waals surface area contributed by atoms with Gasteiger partial charge in [0, 0.05) is 11.6 Å². The summed E-state index contributed by atoms with van der Waals surface area (Å²) < 4.78 is 12.8. The molecular weight excluding hydrogens is 478 g/mol. The number of halogens is 2. The average molecular weight is 501 g/mol. The monoisotopic (exact) mass is 499 g/mol. The van der Waals surface area contributed by atoms with Crippen LogP contribution in [0.3, 0.4) is 0 Å². The highest BCUT2D eigenvalue weighted by Crippen LogP contribution is 2.37. The lowest BCUT2D eigenvalue weighted by atomic mass is 10.2. The summed E-state index contributed by atoms with van der Waals surface area (Å²) in [6.07, 6.45) is 0. The van der Waals surface area contributed by atoms with E-state index in [1.54, 1.807) is 0 Å². The SMILES string of the molecule is CCOc1cc(CNCc2nc3ccccc3[nH]2)cc(Br)c1OCc1ccc(Cl)cc1. The van der Waals surface area contributed by atoms with Gasteiger partial charge in [0.25, 0.3) is 0 Å². The zero-order valence-electron chi connectivity index (χ0n) is 17.1. The molecule has 0 spiro atoms. The molecule has 0 saturated carbocycles. The molecule has 0 amide bonds. The van der Waals surface area contributed by atoms with Crippen LogP contribution in [0.15, 0.2) is 65.1 Å². The number of nitrogens with one attached hydrogen (secondary N) is 2. The Hall–Kier alpha value is -2.54. The van der Waals surface area contributed by atoms with Crippen LogP contribution >= 0.6 is 27.5 Å². The molecule has 0 atom stereocenters. The number of hydrogen-bond acceptors (Lipinski definition) is 4. The molecule has 0 saturated heterocycles. The van der Waals surface area contributed by atoms with Crippen LogP contribution in [0.2, 0.25) is 5.02 Å². The smallest absolute Gasteiger partial charge is 0.175 e. The zero-order chi connectivity index (χ0) is 21.6. The predicted octanol–water partition coefficient (Wildman–Crippen LogP) is 6.25. The van der Waals surface area contributed by atoms with E-state index in [9.17, 15) is 0 Å². The molecule has 0 bridgehead atoms. The van der Waals surface area contributed by atoms with E-state index in [2.05, 4.69) is 31.2 Å². The Morgan fingerprint density at radius 1 is 1.00 bits per heavy atom. The van der Waals surface area contributed by atoms with Crippen molar-refractivity contribution in [2.24, 2.45) is 0 Å². The quantitative estimate of drug-likeness (QED) is 0.285. The molecule has 0 fully saturated rings. The third-order valence-corrected chi connectivity index (χ3v) is 5.57. The Morgan fingerprint density at radius 2 is 1.81 bits per heavy atom. The van der Waals surface area contributed by atoms with Crippen molar-refractivity contribution in [1.29, 1.82) is 0 Å². The second-order valence-corrected chi connectivity index (χ2v) is 8.35. The van der Waals surface area contributed by atoms with Crippen LogP contribution in [0.25, 0.3) is 11.0 Å². The Labute approximate surface area is 194 Å². The van der Waals surface area contributed by atoms with Gasteiger partial charge in [-0.05, 0) is 70.4 Å². The molecule has 0 aliphatic rings. The van der Waals surface area contributed by atoms with E-state index in [4.69, 9.17) is 21.1 Å². The summed E-state index contributed by atoms with van der Waals surface area (Å²) >= 11 is 9.60. The Morgan fingerprint density at radius 3 is 2.58 bits per heavy atom. The van der Waals surface area contributed by atoms with Gasteiger partial charge in [-0.15, -0.1) is 0 Å². The second kappa shape index (κ2) is 10.2. The molecule has 4 aromatic rings. The van der Waals surface area contributed by atoms with Gasteiger partial charge in [-0.2, -0.15) is 0 Å². The minimum Gasteiger partial charge on any atom is -0.490 e. The molecule has 3 aromatic carbocycles. The first-order valence-corrected chi connectivity index (χ1v) is 11.3. The molecule has 0 aliphatic carbocycles. The van der Waals surface area contributed by atoms with Crippen LogP contribution < -0.4 is 14.8 Å². The molecule has 0 radical (unpaired) electrons. The van der Waals surface area contributed by atoms with E-state index in [-0.39, 0.29) is 0 Å². The summed E-state index contributed by atoms with van der Waals surface area (Å²) in [4.78, 5) is 7.93. The Balaban J connectivity index is 1.42. The Bertz CT molecular complexity index is 1130. The van der Waals surface area contributed by atoms with Crippen LogP contribution in [-0.4, -0.2) is 16.6 Å². The van der Waals surface area contributed by atoms with E-state index in [0.29, 0.717) is 42.8 Å². The number of ether oxygens (including phenoxy) is 2. The molecule has 31 heavy (non-hydrogen) atoms. The molecule has 0 unspecified atom stereocenters. The van der Waals surface area contributed by atoms with Gasteiger partial charge in [-0.25, -0.2) is 4.98 Å². The molecule has 160 valence electrons. The van der Waals surface area contributed by atoms with E-state index in [1.165, 1.54) is 0 Å². The van der Waals surface area contributed by atoms with Gasteiger partial charge >= 0.3 is 0 Å². The third kappa shape index (κ3) is 5.58. The summed E-state index contributed by atoms with van der Waals surface area (Å²) in [6.45, 7) is 4.26. The van der Waals surface area contributed by atoms with Gasteiger partial charge in [0.05, 0.1) is 28.7 Å². The number of para-hydroxylation sites is 2. The number of H-pyrrole nitrogens is 1. The van der Waals surface area contributed by atoms with Gasteiger partial charge in [0.2, 0.25) is 0 Å². The maximum atomic E-state index is 6.06. The van der Waals surface area contributed by atoms with Gasteiger partial charge in [-0.1, -0.05) is 35.9 Å². The van der Waals surface area contributed by atoms with Gasteiger partial charge < -0.3 is 19.8 Å². The maximum Gasteiger partial charge on any atom is 0.175 e. The lowest BCUT2D eigenvalue weighted by Crippen LogP contribution is -2.14. The molecule has 2 N–H and O–H groups in total. The maximum absolute atomic E-state index is 6.06. The number of aromatic amines is 1. The van der Waals surface area contributed by atoms with Crippen molar-refractivity contribution >= 4 is 38.6 Å². The van der Waals surface area contributed by atoms with Crippen LogP contribution in [0.5, 0.6) is 11.5 Å². The number of fused-ring (bicyclic) bond motifs is 1. The van der Waals surface area contributed by atoms with E-state index < -0.39 is 0 Å². The van der Waals surface area contributed by atoms with Crippen molar-refractivity contribution in [1.82, 2.24) is 15.3 Å². The minimum absolute atomic E-state index is 0.430. The van der Waals surface area contributed by atoms with Crippen molar-refractivity contribution in [3.63, 3.8) is 0 Å². The molecule has 0 aliphatic heterocycles. The normalized spacial score (nSPS) is 11.1. The zero-order valence-corrected chi connectivity index (χ0v) is 19.5. The van der Waals surface area contributed by atoms with Crippen molar-refractivity contribution in [2.75, 3.05) is 6.61 Å². The van der Waals surface area contributed by atoms with Crippen molar-refractivity contribution in [3.05, 3.63) is 87.1 Å². The molecule has 1 heterocycles. The first-order chi connectivity index (χ1) is 15.1. The fraction of sp³-hybridized carbons (Fsp3) is 0.208. The number of imidazole rings is 1. The van der Waals surface area contributed by atoms with E-state index >= 15 is 0 Å². The molecule has 7 heteroatoms. The topological polar surface area (TPSA) is 59.2 Å². The minimum atomic E-state index is 0.430. The summed E-state index contributed by atoms with van der Waals surface area (Å²) in [5.74, 6) is 2.32. The molecule has 1 aromatic heterocycles. The van der Waals surface area contributed by atoms with E-state index in [1.807, 2.05) is 67.6 Å². The number of hydrogen-bond donors (Lipinski definition) is 2. The largest absolute Gasteiger partial charge is 0.490 e. The molecular formula is C24H23BrClN3O2. The first-order valence-electron chi connectivity index (χ1n) is 10.1. The predicted molar refractivity (Wildman–Crippen MR) is 128 cm³/mol. The van der Waals surface area contributed by atoms with Crippen LogP contribution in [-0.2, 0) is 19.7 Å². The van der Waals surface area contributed by atoms with Crippen LogP contribution in [0.1, 0.15) is 23.9 Å². The first kappa shape index (κ1) is 21.7. The van der Waals surface area contributed by atoms with Crippen molar-refractivity contribution in [3.8, 4) is 11.5 Å². The summed E-state index contributed by atoms with van der Waals surface area (Å²) in [7, 11) is 0. The van der Waals surface area contributed by atoms with Crippen molar-refractivity contribution in [2.45, 2.75) is 26.6 Å². The molecule has 5 nitrogen and oxygen atoms in total. The summed E-state index contributed by atoms with van der Waals surface area (Å²) in [6, 6.07) is 19.7. The Kier molecular flexibility index (Phi) is 7.12. The standard InChI is InChI=1S/C24H23BrClN3O2/c1-2-30-22-12-17(13-27-14-23-28-20-5-3-4-6-21(20)29-23)11-19(25)24(22)31-15-16-7-9-18(26)10-8-16/h3-12,27H,2,13-15H2,1H3,(H,28,29). The second-order valence-electron chi connectivity index (χ2n) is 7.06. The number of aromatic nitrogens is 2. The fourth-order valence-electron chi connectivity index (χ4n) is 3.28. The lowest BCUT2D eigenvalue weighted by molar-refractivity contribution is 0.267. The fourth-order valence-corrected chi connectivity index (χ4v) is 4.01. The number of rotatable bonds is 9. The summed E-state index contributed by atoms with van der Waals surface area (Å²) in [5, 5.41) is 4.14. The van der Waals surface area contributed by atoms with Crippen LogP contribution in [0, 0.1) is 0 Å². The summed E-state index contributed by atoms with van der Waals surface area (Å²) in [5.41, 5.74) is 4.14. The number of nitrogens with zero attached hydrogens (tertiary/aromatic N) is 1. The third-order valence-electron chi connectivity index (χ3n) is 4.73. The highest BCUT2D eigenvalue weighted by Gasteiger charge is 2.13. The molecule has 4 rings (SSSR count). The highest BCUT2D eigenvalue weighted by molar-refractivity contribution is 9.10. The van der Waals surface area contributed by atoms with Gasteiger partial charge in [-0.3, -0.25) is 0 Å². The van der Waals surface area contributed by atoms with E-state index in [0.717, 1.165) is 32.5 Å². The van der Waals surface area contributed by atoms with Crippen LogP contribution in [0.4, 0.5) is 0 Å². The highest BCUT2D eigenvalue weighted by atomic mass is 79.9. The van der Waals surface area contributed by atoms with Gasteiger partial charge in [0.1, 0.15) is 12.4 Å². The average Bonchev–Trinajstić information content (AvgIpc) is 3.17. The lowest BCUT2D eigenvalue weighted by Gasteiger charge is -2.16. The van der Waals surface area contributed by atoms with Crippen molar-refractivity contribution < 1.29 is 9.47 Å². The van der Waals surface area contributed by atoms with Gasteiger partial charge in [0.15, 0.2) is 11.5 Å².